The normalized spacial score (nSPS) is 13.1. The van der Waals surface area contributed by atoms with Gasteiger partial charge < -0.3 is 5.73 Å². The van der Waals surface area contributed by atoms with E-state index in [0.29, 0.717) is 13.0 Å². The van der Waals surface area contributed by atoms with Crippen molar-refractivity contribution in [1.29, 1.82) is 0 Å². The second-order valence-electron chi connectivity index (χ2n) is 5.19. The van der Waals surface area contributed by atoms with E-state index < -0.39 is 11.7 Å². The Morgan fingerprint density at radius 2 is 1.33 bits per heavy atom. The van der Waals surface area contributed by atoms with Crippen LogP contribution in [0.5, 0.6) is 0 Å². The predicted molar refractivity (Wildman–Crippen MR) is 77.8 cm³/mol. The van der Waals surface area contributed by atoms with E-state index >= 15 is 0 Å². The maximum absolute atomic E-state index is 12.5. The molecule has 0 fully saturated rings. The van der Waals surface area contributed by atoms with E-state index in [1.807, 2.05) is 30.3 Å². The van der Waals surface area contributed by atoms with Gasteiger partial charge in [0.15, 0.2) is 0 Å². The smallest absolute Gasteiger partial charge is 0.330 e. The third kappa shape index (κ3) is 4.60. The van der Waals surface area contributed by atoms with E-state index in [-0.39, 0.29) is 5.92 Å². The van der Waals surface area contributed by atoms with Crippen LogP contribution < -0.4 is 5.73 Å². The van der Waals surface area contributed by atoms with E-state index in [1.54, 1.807) is 0 Å². The molecular formula is C17H18F3N. The van der Waals surface area contributed by atoms with E-state index in [1.165, 1.54) is 17.7 Å². The first-order valence-corrected chi connectivity index (χ1v) is 6.89. The predicted octanol–water partition coefficient (Wildman–Crippen LogP) is 4.07. The van der Waals surface area contributed by atoms with E-state index in [0.717, 1.165) is 24.1 Å². The summed E-state index contributed by atoms with van der Waals surface area (Å²) in [6.45, 7) is 0.510. The highest BCUT2D eigenvalue weighted by Gasteiger charge is 2.29. The van der Waals surface area contributed by atoms with Gasteiger partial charge in [-0.25, -0.2) is 0 Å². The zero-order valence-electron chi connectivity index (χ0n) is 11.6. The molecule has 2 aromatic carbocycles. The summed E-state index contributed by atoms with van der Waals surface area (Å²) in [7, 11) is 0. The number of hydrogen-bond acceptors (Lipinski definition) is 1. The van der Waals surface area contributed by atoms with Crippen molar-refractivity contribution >= 4 is 0 Å². The first-order valence-electron chi connectivity index (χ1n) is 6.89. The molecule has 21 heavy (non-hydrogen) atoms. The molecular weight excluding hydrogens is 275 g/mol. The largest absolute Gasteiger partial charge is 0.416 e. The maximum Gasteiger partial charge on any atom is 0.416 e. The summed E-state index contributed by atoms with van der Waals surface area (Å²) in [5.41, 5.74) is 7.25. The fourth-order valence-electron chi connectivity index (χ4n) is 2.35. The average molecular weight is 293 g/mol. The Kier molecular flexibility index (Phi) is 5.02. The summed E-state index contributed by atoms with van der Waals surface area (Å²) in [6.07, 6.45) is -2.77. The molecule has 0 amide bonds. The number of hydrogen-bond donors (Lipinski definition) is 1. The standard InChI is InChI=1S/C17H18F3N/c18-17(19,20)16-8-6-14(7-9-16)11-15(12-21)10-13-4-2-1-3-5-13/h1-9,15H,10-12,21H2. The van der Waals surface area contributed by atoms with Crippen LogP contribution in [0.4, 0.5) is 13.2 Å². The van der Waals surface area contributed by atoms with Crippen LogP contribution in [0.15, 0.2) is 54.6 Å². The molecule has 1 nitrogen and oxygen atoms in total. The maximum atomic E-state index is 12.5. The molecule has 0 spiro atoms. The summed E-state index contributed by atoms with van der Waals surface area (Å²) in [5, 5.41) is 0. The van der Waals surface area contributed by atoms with Crippen LogP contribution in [0.25, 0.3) is 0 Å². The Morgan fingerprint density at radius 3 is 1.81 bits per heavy atom. The fraction of sp³-hybridized carbons (Fsp3) is 0.294. The minimum Gasteiger partial charge on any atom is -0.330 e. The molecule has 0 aromatic heterocycles. The van der Waals surface area contributed by atoms with Gasteiger partial charge in [0.2, 0.25) is 0 Å². The SMILES string of the molecule is NCC(Cc1ccccc1)Cc1ccc(C(F)(F)F)cc1. The summed E-state index contributed by atoms with van der Waals surface area (Å²) >= 11 is 0. The molecule has 0 bridgehead atoms. The van der Waals surface area contributed by atoms with Crippen LogP contribution in [-0.4, -0.2) is 6.54 Å². The van der Waals surface area contributed by atoms with Gasteiger partial charge in [-0.15, -0.1) is 0 Å². The number of rotatable bonds is 5. The van der Waals surface area contributed by atoms with Crippen LogP contribution in [0.1, 0.15) is 16.7 Å². The quantitative estimate of drug-likeness (QED) is 0.883. The Morgan fingerprint density at radius 1 is 0.810 bits per heavy atom. The van der Waals surface area contributed by atoms with Gasteiger partial charge >= 0.3 is 6.18 Å². The summed E-state index contributed by atoms with van der Waals surface area (Å²) < 4.78 is 37.5. The molecule has 0 saturated carbocycles. The Bertz CT molecular complexity index is 546. The fourth-order valence-corrected chi connectivity index (χ4v) is 2.35. The molecule has 0 heterocycles. The lowest BCUT2D eigenvalue weighted by atomic mass is 9.92. The molecule has 112 valence electrons. The van der Waals surface area contributed by atoms with Gasteiger partial charge in [0.1, 0.15) is 0 Å². The number of halogens is 3. The summed E-state index contributed by atoms with van der Waals surface area (Å²) in [5.74, 6) is 0.226. The lowest BCUT2D eigenvalue weighted by Crippen LogP contribution is -2.19. The van der Waals surface area contributed by atoms with Gasteiger partial charge in [-0.3, -0.25) is 0 Å². The second-order valence-corrected chi connectivity index (χ2v) is 5.19. The molecule has 2 aromatic rings. The van der Waals surface area contributed by atoms with Crippen molar-refractivity contribution in [3.63, 3.8) is 0 Å². The van der Waals surface area contributed by atoms with Gasteiger partial charge in [0, 0.05) is 0 Å². The molecule has 0 aliphatic heterocycles. The Labute approximate surface area is 122 Å². The van der Waals surface area contributed by atoms with Gasteiger partial charge in [0.05, 0.1) is 5.56 Å². The van der Waals surface area contributed by atoms with Crippen molar-refractivity contribution in [2.45, 2.75) is 19.0 Å². The highest BCUT2D eigenvalue weighted by molar-refractivity contribution is 5.25. The van der Waals surface area contributed by atoms with Crippen LogP contribution in [0.2, 0.25) is 0 Å². The summed E-state index contributed by atoms with van der Waals surface area (Å²) in [4.78, 5) is 0. The van der Waals surface area contributed by atoms with E-state index in [4.69, 9.17) is 5.73 Å². The first kappa shape index (κ1) is 15.6. The minimum atomic E-state index is -4.28. The zero-order chi connectivity index (χ0) is 15.3. The number of nitrogens with two attached hydrogens (primary N) is 1. The molecule has 0 aliphatic carbocycles. The van der Waals surface area contributed by atoms with Gasteiger partial charge in [-0.05, 0) is 48.6 Å². The van der Waals surface area contributed by atoms with Crippen molar-refractivity contribution in [2.75, 3.05) is 6.54 Å². The molecule has 0 radical (unpaired) electrons. The molecule has 2 rings (SSSR count). The first-order chi connectivity index (χ1) is 9.99. The second kappa shape index (κ2) is 6.76. The Balaban J connectivity index is 2.02. The van der Waals surface area contributed by atoms with Crippen LogP contribution in [0, 0.1) is 5.92 Å². The molecule has 0 saturated heterocycles. The highest BCUT2D eigenvalue weighted by atomic mass is 19.4. The molecule has 4 heteroatoms. The minimum absolute atomic E-state index is 0.226. The summed E-state index contributed by atoms with van der Waals surface area (Å²) in [6, 6.07) is 15.3. The Hall–Kier alpha value is -1.81. The van der Waals surface area contributed by atoms with Crippen molar-refractivity contribution in [2.24, 2.45) is 11.7 Å². The average Bonchev–Trinajstić information content (AvgIpc) is 2.47. The van der Waals surface area contributed by atoms with Gasteiger partial charge in [-0.2, -0.15) is 13.2 Å². The van der Waals surface area contributed by atoms with Crippen molar-refractivity contribution in [3.8, 4) is 0 Å². The lowest BCUT2D eigenvalue weighted by molar-refractivity contribution is -0.137. The third-order valence-corrected chi connectivity index (χ3v) is 3.51. The van der Waals surface area contributed by atoms with E-state index in [2.05, 4.69) is 0 Å². The van der Waals surface area contributed by atoms with Crippen molar-refractivity contribution < 1.29 is 13.2 Å². The molecule has 1 unspecified atom stereocenters. The lowest BCUT2D eigenvalue weighted by Gasteiger charge is -2.15. The van der Waals surface area contributed by atoms with Crippen LogP contribution in [-0.2, 0) is 19.0 Å². The van der Waals surface area contributed by atoms with Gasteiger partial charge in [-0.1, -0.05) is 42.5 Å². The molecule has 1 atom stereocenters. The van der Waals surface area contributed by atoms with Gasteiger partial charge in [0.25, 0.3) is 0 Å². The van der Waals surface area contributed by atoms with Crippen LogP contribution >= 0.6 is 0 Å². The number of alkyl halides is 3. The topological polar surface area (TPSA) is 26.0 Å². The van der Waals surface area contributed by atoms with Crippen LogP contribution in [0.3, 0.4) is 0 Å². The third-order valence-electron chi connectivity index (χ3n) is 3.51. The number of benzene rings is 2. The monoisotopic (exact) mass is 293 g/mol. The highest BCUT2D eigenvalue weighted by Crippen LogP contribution is 2.29. The van der Waals surface area contributed by atoms with Crippen molar-refractivity contribution in [1.82, 2.24) is 0 Å². The van der Waals surface area contributed by atoms with E-state index in [9.17, 15) is 13.2 Å². The zero-order valence-corrected chi connectivity index (χ0v) is 11.6. The van der Waals surface area contributed by atoms with Crippen molar-refractivity contribution in [3.05, 3.63) is 71.3 Å². The molecule has 2 N–H and O–H groups in total. The molecule has 0 aliphatic rings.